The number of anilines is 1. The molecule has 0 saturated carbocycles. The van der Waals surface area contributed by atoms with Gasteiger partial charge in [0.05, 0.1) is 30.3 Å². The third-order valence-corrected chi connectivity index (χ3v) is 11.3. The first-order valence-corrected chi connectivity index (χ1v) is 21.0. The number of carbonyl (C=O) groups excluding carboxylic acids is 1. The number of carbonyl (C=O) groups is 6. The maximum atomic E-state index is 13.7. The van der Waals surface area contributed by atoms with Gasteiger partial charge in [0.1, 0.15) is 5.84 Å². The van der Waals surface area contributed by atoms with Crippen LogP contribution in [0.2, 0.25) is 0 Å². The number of nitrogen functional groups attached to an aromatic ring is 1. The van der Waals surface area contributed by atoms with Gasteiger partial charge in [-0.05, 0) is 67.5 Å². The van der Waals surface area contributed by atoms with Crippen LogP contribution in [0.1, 0.15) is 42.5 Å². The van der Waals surface area contributed by atoms with E-state index < -0.39 is 64.4 Å². The van der Waals surface area contributed by atoms with E-state index in [0.29, 0.717) is 56.4 Å². The number of thiophene rings is 1. The molecule has 69 heavy (non-hydrogen) atoms. The summed E-state index contributed by atoms with van der Waals surface area (Å²) in [4.78, 5) is 63.7. The summed E-state index contributed by atoms with van der Waals surface area (Å²) in [7, 11) is -3.97. The number of nitrogens with one attached hydrogen (secondary N) is 2. The van der Waals surface area contributed by atoms with Gasteiger partial charge < -0.3 is 48.1 Å². The molecule has 3 rings (SSSR count). The number of aliphatic carboxylic acids is 5. The largest absolute Gasteiger partial charge is 0.490 e. The number of unbranched alkanes of at least 4 members (excludes halogenated alkanes) is 2. The van der Waals surface area contributed by atoms with Gasteiger partial charge in [-0.2, -0.15) is 52.7 Å². The number of thioether (sulfide) groups is 1. The summed E-state index contributed by atoms with van der Waals surface area (Å²) >= 11 is 2.41. The maximum absolute atomic E-state index is 13.7. The molecule has 0 atom stereocenters. The molecule has 13 N–H and O–H groups in total. The van der Waals surface area contributed by atoms with Crippen molar-refractivity contribution in [1.82, 2.24) is 0 Å². The van der Waals surface area contributed by atoms with Crippen molar-refractivity contribution in [3.63, 3.8) is 0 Å². The van der Waals surface area contributed by atoms with Gasteiger partial charge in [-0.15, -0.1) is 23.1 Å². The Morgan fingerprint density at radius 2 is 1.14 bits per heavy atom. The number of aryl methyl sites for hydroxylation is 1. The average molecular weight is 1070 g/mol. The standard InChI is InChI=1S/C27H32N6O5S3.4C2HF3O2/c1-15-11-17(32-27(30)31)13-19(33-22(34)9-4-3-5-10-23(35)36)24(15)16-7-6-8-18(12-16)41(37,38)21-14-20(25(28)29)40-26(21)39-2;4*3-2(4,5)1(6)7/h6-8,11-14H,3-5,9-10H2,1-2H3,(H3,28,29)(H,33,34)(H,35,36)(H4,30,31,32);4*(H,6,7). The van der Waals surface area contributed by atoms with Crippen LogP contribution < -0.4 is 22.5 Å². The lowest BCUT2D eigenvalue weighted by atomic mass is 9.97. The number of benzene rings is 2. The topological polar surface area (TPSA) is 364 Å². The number of nitrogens with two attached hydrogens (primary N) is 3. The van der Waals surface area contributed by atoms with E-state index in [1.807, 2.05) is 0 Å². The number of carboxylic acid groups (broad SMARTS) is 5. The number of halogens is 12. The SMILES string of the molecule is CSc1sc(C(=N)N)cc1S(=O)(=O)c1cccc(-c2c(C)cc(N=C(N)N)cc2NC(=O)CCCCCC(=O)O)c1.O=C(O)C(F)(F)F.O=C(O)C(F)(F)F.O=C(O)C(F)(F)F.O=C(O)C(F)(F)F. The van der Waals surface area contributed by atoms with Crippen LogP contribution in [0.5, 0.6) is 0 Å². The van der Waals surface area contributed by atoms with Gasteiger partial charge in [0, 0.05) is 18.4 Å². The highest BCUT2D eigenvalue weighted by atomic mass is 32.2. The predicted octanol–water partition coefficient (Wildman–Crippen LogP) is 6.97. The Labute approximate surface area is 387 Å². The lowest BCUT2D eigenvalue weighted by molar-refractivity contribution is -0.193. The molecule has 0 saturated heterocycles. The zero-order valence-corrected chi connectivity index (χ0v) is 37.0. The van der Waals surface area contributed by atoms with Crippen LogP contribution in [0.15, 0.2) is 61.5 Å². The minimum absolute atomic E-state index is 0.0432. The minimum atomic E-state index is -5.08. The van der Waals surface area contributed by atoms with Crippen molar-refractivity contribution in [2.75, 3.05) is 11.6 Å². The van der Waals surface area contributed by atoms with Gasteiger partial charge in [-0.25, -0.2) is 32.6 Å². The number of rotatable bonds is 13. The Morgan fingerprint density at radius 1 is 0.710 bits per heavy atom. The van der Waals surface area contributed by atoms with Gasteiger partial charge in [-0.3, -0.25) is 15.0 Å². The van der Waals surface area contributed by atoms with Gasteiger partial charge in [0.25, 0.3) is 0 Å². The van der Waals surface area contributed by atoms with Crippen molar-refractivity contribution in [3.05, 3.63) is 52.9 Å². The number of nitrogens with zero attached hydrogens (tertiary/aromatic N) is 1. The fourth-order valence-corrected chi connectivity index (χ4v) is 8.08. The first-order valence-electron chi connectivity index (χ1n) is 17.4. The number of alkyl halides is 12. The molecule has 1 amide bonds. The molecule has 0 spiro atoms. The zero-order chi connectivity index (χ0) is 54.6. The normalized spacial score (nSPS) is 11.2. The smallest absolute Gasteiger partial charge is 0.481 e. The van der Waals surface area contributed by atoms with Crippen molar-refractivity contribution in [3.8, 4) is 11.1 Å². The number of hydrogen-bond donors (Lipinski definition) is 10. The molecule has 1 aromatic heterocycles. The molecule has 0 aliphatic rings. The summed E-state index contributed by atoms with van der Waals surface area (Å²) in [5.74, 6) is -12.6. The minimum Gasteiger partial charge on any atom is -0.481 e. The number of hydrogen-bond acceptors (Lipinski definition) is 12. The second-order valence-electron chi connectivity index (χ2n) is 12.3. The Hall–Kier alpha value is -6.84. The molecule has 0 fully saturated rings. The van der Waals surface area contributed by atoms with Crippen LogP contribution in [0.3, 0.4) is 0 Å². The average Bonchev–Trinajstić information content (AvgIpc) is 3.63. The fraction of sp³-hybridized carbons (Fsp3) is 0.314. The Balaban J connectivity index is 0. The monoisotopic (exact) mass is 1070 g/mol. The fourth-order valence-electron chi connectivity index (χ4n) is 4.18. The highest BCUT2D eigenvalue weighted by Gasteiger charge is 2.40. The van der Waals surface area contributed by atoms with E-state index in [0.717, 1.165) is 11.3 Å². The van der Waals surface area contributed by atoms with E-state index in [1.54, 1.807) is 37.4 Å². The summed E-state index contributed by atoms with van der Waals surface area (Å²) < 4.78 is 155. The second-order valence-corrected chi connectivity index (χ2v) is 16.4. The van der Waals surface area contributed by atoms with E-state index in [9.17, 15) is 70.7 Å². The number of aliphatic imine (C=N–C) groups is 1. The number of amidine groups is 1. The maximum Gasteiger partial charge on any atom is 0.490 e. The molecule has 0 unspecified atom stereocenters. The zero-order valence-electron chi connectivity index (χ0n) is 34.5. The van der Waals surface area contributed by atoms with Gasteiger partial charge in [0.15, 0.2) is 5.96 Å². The molecule has 0 aliphatic heterocycles. The molecule has 386 valence electrons. The molecule has 0 aliphatic carbocycles. The van der Waals surface area contributed by atoms with Crippen molar-refractivity contribution in [2.24, 2.45) is 22.2 Å². The summed E-state index contributed by atoms with van der Waals surface area (Å²) in [5, 5.41) is 47.9. The molecule has 19 nitrogen and oxygen atoms in total. The molecular formula is C35H36F12N6O13S3. The first kappa shape index (κ1) is 64.2. The van der Waals surface area contributed by atoms with Crippen LogP contribution in [0.25, 0.3) is 11.1 Å². The molecule has 1 heterocycles. The molecular weight excluding hydrogens is 1040 g/mol. The number of guanidine groups is 1. The Morgan fingerprint density at radius 3 is 1.52 bits per heavy atom. The first-order chi connectivity index (χ1) is 31.1. The van der Waals surface area contributed by atoms with E-state index in [1.165, 1.54) is 30.0 Å². The van der Waals surface area contributed by atoms with E-state index in [4.69, 9.17) is 67.3 Å². The molecule has 3 aromatic rings. The highest BCUT2D eigenvalue weighted by molar-refractivity contribution is 8.01. The molecule has 0 radical (unpaired) electrons. The Bertz CT molecular complexity index is 2360. The van der Waals surface area contributed by atoms with Gasteiger partial charge >= 0.3 is 54.6 Å². The summed E-state index contributed by atoms with van der Waals surface area (Å²) in [5.41, 5.74) is 19.4. The third kappa shape index (κ3) is 24.7. The molecule has 0 bridgehead atoms. The number of carboxylic acids is 5. The van der Waals surface area contributed by atoms with Crippen molar-refractivity contribution >= 4 is 91.9 Å². The van der Waals surface area contributed by atoms with Crippen molar-refractivity contribution < 1.29 is 115 Å². The summed E-state index contributed by atoms with van der Waals surface area (Å²) in [6, 6.07) is 11.1. The van der Waals surface area contributed by atoms with Crippen LogP contribution in [-0.4, -0.2) is 112 Å². The quantitative estimate of drug-likeness (QED) is 0.0271. The lowest BCUT2D eigenvalue weighted by Crippen LogP contribution is -2.22. The molecule has 2 aromatic carbocycles. The predicted molar refractivity (Wildman–Crippen MR) is 219 cm³/mol. The van der Waals surface area contributed by atoms with Crippen LogP contribution >= 0.6 is 23.1 Å². The van der Waals surface area contributed by atoms with Crippen molar-refractivity contribution in [2.45, 2.75) is 77.7 Å². The van der Waals surface area contributed by atoms with Gasteiger partial charge in [0.2, 0.25) is 15.7 Å². The summed E-state index contributed by atoms with van der Waals surface area (Å²) in [6.45, 7) is 1.80. The summed E-state index contributed by atoms with van der Waals surface area (Å²) in [6.07, 6.45) is -16.8. The molecule has 34 heteroatoms. The van der Waals surface area contributed by atoms with E-state index >= 15 is 0 Å². The second kappa shape index (κ2) is 27.2. The van der Waals surface area contributed by atoms with Crippen LogP contribution in [0.4, 0.5) is 64.1 Å². The van der Waals surface area contributed by atoms with Crippen LogP contribution in [0, 0.1) is 12.3 Å². The third-order valence-electron chi connectivity index (χ3n) is 6.96. The van der Waals surface area contributed by atoms with Crippen LogP contribution in [-0.2, 0) is 38.6 Å². The Kier molecular flexibility index (Phi) is 25.4. The van der Waals surface area contributed by atoms with Gasteiger partial charge in [-0.1, -0.05) is 18.6 Å². The van der Waals surface area contributed by atoms with E-state index in [2.05, 4.69) is 10.3 Å². The highest BCUT2D eigenvalue weighted by Crippen LogP contribution is 2.40. The van der Waals surface area contributed by atoms with Crippen molar-refractivity contribution in [1.29, 1.82) is 5.41 Å². The van der Waals surface area contributed by atoms with E-state index in [-0.39, 0.29) is 40.3 Å². The lowest BCUT2D eigenvalue weighted by Gasteiger charge is -2.16. The number of amides is 1. The number of sulfone groups is 1.